The molecule has 6 nitrogen and oxygen atoms in total. The van der Waals surface area contributed by atoms with Gasteiger partial charge in [-0.2, -0.15) is 9.78 Å². The highest BCUT2D eigenvalue weighted by atomic mass is 127. The van der Waals surface area contributed by atoms with Crippen LogP contribution in [0.2, 0.25) is 5.02 Å². The minimum absolute atomic E-state index is 0.297. The monoisotopic (exact) mass is 709 g/mol. The van der Waals surface area contributed by atoms with Crippen molar-refractivity contribution < 1.29 is 9.15 Å². The Morgan fingerprint density at radius 1 is 1.03 bits per heavy atom. The van der Waals surface area contributed by atoms with E-state index in [0.717, 1.165) is 30.3 Å². The number of aromatic nitrogens is 2. The molecule has 0 amide bonds. The van der Waals surface area contributed by atoms with Gasteiger partial charge < -0.3 is 9.15 Å². The van der Waals surface area contributed by atoms with Crippen LogP contribution in [-0.4, -0.2) is 15.9 Å². The standard InChI is InChI=1S/C30H18BrClIN3O3/c31-21-8-5-18(6-9-21)17-38-27-11-7-19(13-24(27)33)16-34-36-29(35-25-4-2-1-3-23(25)30(36)37)28-15-20-14-22(32)10-12-26(20)39-28/h1-16H,17H2. The van der Waals surface area contributed by atoms with Crippen molar-refractivity contribution in [1.82, 2.24) is 9.66 Å². The molecule has 0 aliphatic heterocycles. The molecule has 2 aromatic heterocycles. The van der Waals surface area contributed by atoms with Gasteiger partial charge in [-0.15, -0.1) is 0 Å². The third-order valence-corrected chi connectivity index (χ3v) is 7.65. The van der Waals surface area contributed by atoms with E-state index >= 15 is 0 Å². The average Bonchev–Trinajstić information content (AvgIpc) is 3.36. The molecule has 0 radical (unpaired) electrons. The molecule has 9 heteroatoms. The highest BCUT2D eigenvalue weighted by molar-refractivity contribution is 14.1. The lowest BCUT2D eigenvalue weighted by molar-refractivity contribution is 0.304. The predicted molar refractivity (Wildman–Crippen MR) is 167 cm³/mol. The number of halogens is 3. The lowest BCUT2D eigenvalue weighted by Crippen LogP contribution is -2.20. The van der Waals surface area contributed by atoms with Crippen LogP contribution in [0.3, 0.4) is 0 Å². The fraction of sp³-hybridized carbons (Fsp3) is 0.0333. The van der Waals surface area contributed by atoms with Gasteiger partial charge in [0.2, 0.25) is 5.82 Å². The van der Waals surface area contributed by atoms with Crippen molar-refractivity contribution in [3.8, 4) is 17.3 Å². The maximum Gasteiger partial charge on any atom is 0.282 e. The smallest absolute Gasteiger partial charge is 0.282 e. The number of nitrogens with zero attached hydrogens (tertiary/aromatic N) is 3. The van der Waals surface area contributed by atoms with Crippen molar-refractivity contribution in [1.29, 1.82) is 0 Å². The van der Waals surface area contributed by atoms with E-state index in [1.165, 1.54) is 4.68 Å². The van der Waals surface area contributed by atoms with Crippen molar-refractivity contribution in [2.75, 3.05) is 0 Å². The van der Waals surface area contributed by atoms with Gasteiger partial charge in [-0.3, -0.25) is 4.79 Å². The number of hydrogen-bond acceptors (Lipinski definition) is 5. The molecule has 0 N–H and O–H groups in total. The maximum absolute atomic E-state index is 13.5. The average molecular weight is 711 g/mol. The van der Waals surface area contributed by atoms with Crippen LogP contribution in [0.4, 0.5) is 0 Å². The van der Waals surface area contributed by atoms with E-state index in [1.54, 1.807) is 42.6 Å². The van der Waals surface area contributed by atoms with Crippen molar-refractivity contribution in [2.24, 2.45) is 5.10 Å². The quantitative estimate of drug-likeness (QED) is 0.129. The van der Waals surface area contributed by atoms with Crippen LogP contribution in [0.15, 0.2) is 110 Å². The lowest BCUT2D eigenvalue weighted by Gasteiger charge is -2.09. The molecule has 2 heterocycles. The fourth-order valence-corrected chi connectivity index (χ4v) is 5.24. The molecule has 0 spiro atoms. The number of furan rings is 1. The molecule has 6 rings (SSSR count). The molecule has 4 aromatic carbocycles. The topological polar surface area (TPSA) is 69.6 Å². The third-order valence-electron chi connectivity index (χ3n) is 6.04. The summed E-state index contributed by atoms with van der Waals surface area (Å²) in [4.78, 5) is 18.2. The van der Waals surface area contributed by atoms with Gasteiger partial charge >= 0.3 is 0 Å². The molecule has 0 saturated carbocycles. The molecule has 39 heavy (non-hydrogen) atoms. The third kappa shape index (κ3) is 5.50. The summed E-state index contributed by atoms with van der Waals surface area (Å²) in [6, 6.07) is 28.1. The summed E-state index contributed by atoms with van der Waals surface area (Å²) in [5.41, 5.74) is 2.78. The zero-order chi connectivity index (χ0) is 26.9. The summed E-state index contributed by atoms with van der Waals surface area (Å²) < 4.78 is 15.3. The molecule has 6 aromatic rings. The molecule has 0 aliphatic rings. The van der Waals surface area contributed by atoms with Crippen LogP contribution in [0.5, 0.6) is 5.75 Å². The zero-order valence-electron chi connectivity index (χ0n) is 20.1. The van der Waals surface area contributed by atoms with Gasteiger partial charge in [-0.25, -0.2) is 4.98 Å². The van der Waals surface area contributed by atoms with Gasteiger partial charge in [0.1, 0.15) is 17.9 Å². The number of benzene rings is 4. The van der Waals surface area contributed by atoms with Crippen LogP contribution in [0.1, 0.15) is 11.1 Å². The van der Waals surface area contributed by atoms with E-state index in [2.05, 4.69) is 43.6 Å². The number of ether oxygens (including phenoxy) is 1. The van der Waals surface area contributed by atoms with Crippen LogP contribution < -0.4 is 10.3 Å². The van der Waals surface area contributed by atoms with Crippen molar-refractivity contribution in [3.05, 3.63) is 126 Å². The van der Waals surface area contributed by atoms with Gasteiger partial charge in [0.25, 0.3) is 5.56 Å². The Morgan fingerprint density at radius 2 is 1.85 bits per heavy atom. The second kappa shape index (κ2) is 11.0. The first-order valence-electron chi connectivity index (χ1n) is 11.9. The van der Waals surface area contributed by atoms with E-state index in [-0.39, 0.29) is 5.56 Å². The first-order valence-corrected chi connectivity index (χ1v) is 14.1. The van der Waals surface area contributed by atoms with E-state index in [4.69, 9.17) is 25.7 Å². The summed E-state index contributed by atoms with van der Waals surface area (Å²) >= 11 is 11.8. The molecular formula is C30H18BrClIN3O3. The van der Waals surface area contributed by atoms with Crippen LogP contribution in [0.25, 0.3) is 33.5 Å². The Balaban J connectivity index is 1.35. The normalized spacial score (nSPS) is 11.6. The summed E-state index contributed by atoms with van der Waals surface area (Å²) in [6.45, 7) is 0.459. The summed E-state index contributed by atoms with van der Waals surface area (Å²) in [7, 11) is 0. The Kier molecular flexibility index (Phi) is 7.24. The molecule has 0 unspecified atom stereocenters. The van der Waals surface area contributed by atoms with Crippen LogP contribution >= 0.6 is 50.1 Å². The number of para-hydroxylation sites is 1. The molecular weight excluding hydrogens is 693 g/mol. The minimum Gasteiger partial charge on any atom is -0.488 e. The first kappa shape index (κ1) is 25.8. The van der Waals surface area contributed by atoms with Gasteiger partial charge in [0.15, 0.2) is 5.76 Å². The van der Waals surface area contributed by atoms with Crippen molar-refractivity contribution in [2.45, 2.75) is 6.61 Å². The molecule has 0 bridgehead atoms. The second-order valence-electron chi connectivity index (χ2n) is 8.71. The summed E-state index contributed by atoms with van der Waals surface area (Å²) in [6.07, 6.45) is 1.63. The summed E-state index contributed by atoms with van der Waals surface area (Å²) in [5, 5.41) is 6.41. The molecule has 0 aliphatic carbocycles. The van der Waals surface area contributed by atoms with Crippen LogP contribution in [0, 0.1) is 3.57 Å². The Morgan fingerprint density at radius 3 is 2.67 bits per heavy atom. The van der Waals surface area contributed by atoms with Gasteiger partial charge in [0.05, 0.1) is 20.7 Å². The van der Waals surface area contributed by atoms with Gasteiger partial charge in [-0.05, 0) is 100 Å². The van der Waals surface area contributed by atoms with Crippen molar-refractivity contribution >= 4 is 78.2 Å². The Labute approximate surface area is 250 Å². The molecule has 192 valence electrons. The van der Waals surface area contributed by atoms with Gasteiger partial charge in [0, 0.05) is 14.9 Å². The van der Waals surface area contributed by atoms with E-state index in [1.807, 2.05) is 54.6 Å². The molecule has 0 saturated heterocycles. The summed E-state index contributed by atoms with van der Waals surface area (Å²) in [5.74, 6) is 1.48. The highest BCUT2D eigenvalue weighted by Crippen LogP contribution is 2.29. The second-order valence-corrected chi connectivity index (χ2v) is 11.2. The molecule has 0 fully saturated rings. The Bertz CT molecular complexity index is 1930. The number of hydrogen-bond donors (Lipinski definition) is 0. The van der Waals surface area contributed by atoms with E-state index < -0.39 is 0 Å². The van der Waals surface area contributed by atoms with Crippen LogP contribution in [-0.2, 0) is 6.61 Å². The van der Waals surface area contributed by atoms with Gasteiger partial charge in [-0.1, -0.05) is 51.8 Å². The highest BCUT2D eigenvalue weighted by Gasteiger charge is 2.16. The lowest BCUT2D eigenvalue weighted by atomic mass is 10.2. The Hall–Kier alpha value is -3.47. The predicted octanol–water partition coefficient (Wildman–Crippen LogP) is 8.29. The fourth-order valence-electron chi connectivity index (χ4n) is 4.10. The minimum atomic E-state index is -0.297. The van der Waals surface area contributed by atoms with E-state index in [0.29, 0.717) is 39.7 Å². The maximum atomic E-state index is 13.5. The zero-order valence-corrected chi connectivity index (χ0v) is 24.6. The first-order chi connectivity index (χ1) is 18.9. The SMILES string of the molecule is O=c1c2ccccc2nc(-c2cc3cc(Cl)ccc3o2)n1N=Cc1ccc(OCc2ccc(Br)cc2)c(I)c1. The van der Waals surface area contributed by atoms with E-state index in [9.17, 15) is 4.79 Å². The number of fused-ring (bicyclic) bond motifs is 2. The van der Waals surface area contributed by atoms with Crippen molar-refractivity contribution in [3.63, 3.8) is 0 Å². The largest absolute Gasteiger partial charge is 0.488 e. The molecule has 0 atom stereocenters. The number of rotatable bonds is 6.